The van der Waals surface area contributed by atoms with Crippen LogP contribution in [-0.2, 0) is 16.1 Å². The second kappa shape index (κ2) is 12.3. The first-order valence-corrected chi connectivity index (χ1v) is 11.8. The minimum absolute atomic E-state index is 0.0805. The summed E-state index contributed by atoms with van der Waals surface area (Å²) in [5, 5.41) is 3.59. The normalized spacial score (nSPS) is 11.7. The lowest BCUT2D eigenvalue weighted by molar-refractivity contribution is -0.138. The molecule has 1 unspecified atom stereocenters. The number of nitrogens with one attached hydrogen (secondary N) is 1. The van der Waals surface area contributed by atoms with E-state index in [2.05, 4.69) is 28.2 Å². The van der Waals surface area contributed by atoms with Gasteiger partial charge in [-0.15, -0.1) is 11.8 Å². The Labute approximate surface area is 190 Å². The lowest BCUT2D eigenvalue weighted by Gasteiger charge is -2.29. The fraction of sp³-hybridized carbons (Fsp3) is 0.364. The van der Waals surface area contributed by atoms with Gasteiger partial charge in [-0.05, 0) is 55.3 Å². The van der Waals surface area contributed by atoms with E-state index in [-0.39, 0.29) is 17.6 Å². The van der Waals surface area contributed by atoms with Gasteiger partial charge in [0.1, 0.15) is 6.04 Å². The molecule has 0 spiro atoms. The number of halogens is 2. The maximum Gasteiger partial charge on any atom is 0.242 e. The molecule has 4 nitrogen and oxygen atoms in total. The Morgan fingerprint density at radius 1 is 1.21 bits per heavy atom. The lowest BCUT2D eigenvalue weighted by Crippen LogP contribution is -2.48. The number of hydrogen-bond donors (Lipinski definition) is 1. The summed E-state index contributed by atoms with van der Waals surface area (Å²) in [4.78, 5) is 28.2. The summed E-state index contributed by atoms with van der Waals surface area (Å²) in [7, 11) is 0. The first-order valence-electron chi connectivity index (χ1n) is 9.60. The molecule has 2 amide bonds. The van der Waals surface area contributed by atoms with Crippen LogP contribution in [0.5, 0.6) is 0 Å². The monoisotopic (exact) mass is 496 g/mol. The molecule has 2 aromatic carbocycles. The van der Waals surface area contributed by atoms with Crippen molar-refractivity contribution in [1.29, 1.82) is 0 Å². The van der Waals surface area contributed by atoms with Crippen molar-refractivity contribution in [2.24, 2.45) is 0 Å². The molecule has 2 aromatic rings. The summed E-state index contributed by atoms with van der Waals surface area (Å²) in [6.45, 7) is 4.86. The third kappa shape index (κ3) is 8.03. The van der Waals surface area contributed by atoms with Gasteiger partial charge >= 0.3 is 0 Å². The van der Waals surface area contributed by atoms with E-state index in [9.17, 15) is 9.59 Å². The van der Waals surface area contributed by atoms with E-state index in [1.54, 1.807) is 24.0 Å². The molecule has 2 rings (SSSR count). The fourth-order valence-electron chi connectivity index (χ4n) is 2.71. The van der Waals surface area contributed by atoms with Crippen molar-refractivity contribution in [3.63, 3.8) is 0 Å². The largest absolute Gasteiger partial charge is 0.354 e. The quantitative estimate of drug-likeness (QED) is 0.347. The van der Waals surface area contributed by atoms with Gasteiger partial charge in [-0.3, -0.25) is 9.59 Å². The van der Waals surface area contributed by atoms with Gasteiger partial charge in [0.2, 0.25) is 11.8 Å². The molecule has 0 aromatic heterocycles. The SMILES string of the molecule is CCCCNC(=O)C(C)N(Cc1cccc(Br)c1)C(=O)CSc1ccc(Cl)cc1. The zero-order valence-electron chi connectivity index (χ0n) is 16.7. The maximum absolute atomic E-state index is 13.0. The third-order valence-electron chi connectivity index (χ3n) is 4.41. The first kappa shape index (κ1) is 23.8. The standard InChI is InChI=1S/C22H26BrClN2O2S/c1-3-4-12-25-22(28)16(2)26(14-17-6-5-7-18(23)13-17)21(27)15-29-20-10-8-19(24)9-11-20/h5-11,13,16H,3-4,12,14-15H2,1-2H3,(H,25,28). The Kier molecular flexibility index (Phi) is 10.0. The molecular formula is C22H26BrClN2O2S. The number of thioether (sulfide) groups is 1. The van der Waals surface area contributed by atoms with Crippen LogP contribution in [0.25, 0.3) is 0 Å². The van der Waals surface area contributed by atoms with Crippen molar-refractivity contribution in [2.45, 2.75) is 44.2 Å². The van der Waals surface area contributed by atoms with Gasteiger partial charge in [0.05, 0.1) is 5.75 Å². The smallest absolute Gasteiger partial charge is 0.242 e. The predicted octanol–water partition coefficient (Wildman–Crippen LogP) is 5.53. The number of carbonyl (C=O) groups is 2. The Morgan fingerprint density at radius 2 is 1.93 bits per heavy atom. The van der Waals surface area contributed by atoms with Crippen LogP contribution in [0.2, 0.25) is 5.02 Å². The number of hydrogen-bond acceptors (Lipinski definition) is 3. The zero-order chi connectivity index (χ0) is 21.2. The minimum Gasteiger partial charge on any atom is -0.354 e. The van der Waals surface area contributed by atoms with Crippen LogP contribution in [0.4, 0.5) is 0 Å². The Balaban J connectivity index is 2.10. The molecule has 1 N–H and O–H groups in total. The highest BCUT2D eigenvalue weighted by Crippen LogP contribution is 2.22. The van der Waals surface area contributed by atoms with Crippen LogP contribution in [0.3, 0.4) is 0 Å². The number of unbranched alkanes of at least 4 members (excludes halogenated alkanes) is 1. The number of rotatable bonds is 10. The molecular weight excluding hydrogens is 472 g/mol. The highest BCUT2D eigenvalue weighted by molar-refractivity contribution is 9.10. The van der Waals surface area contributed by atoms with E-state index in [1.165, 1.54) is 11.8 Å². The van der Waals surface area contributed by atoms with Gasteiger partial charge in [-0.1, -0.05) is 53.0 Å². The Morgan fingerprint density at radius 3 is 2.59 bits per heavy atom. The fourth-order valence-corrected chi connectivity index (χ4v) is 4.07. The molecule has 0 aliphatic rings. The van der Waals surface area contributed by atoms with Crippen molar-refractivity contribution in [2.75, 3.05) is 12.3 Å². The third-order valence-corrected chi connectivity index (χ3v) is 6.16. The maximum atomic E-state index is 13.0. The molecule has 1 atom stereocenters. The van der Waals surface area contributed by atoms with Crippen LogP contribution in [0.1, 0.15) is 32.3 Å². The average Bonchev–Trinajstić information content (AvgIpc) is 2.71. The second-order valence-electron chi connectivity index (χ2n) is 6.71. The van der Waals surface area contributed by atoms with Crippen LogP contribution >= 0.6 is 39.3 Å². The number of carbonyl (C=O) groups excluding carboxylic acids is 2. The minimum atomic E-state index is -0.552. The lowest BCUT2D eigenvalue weighted by atomic mass is 10.1. The van der Waals surface area contributed by atoms with Crippen molar-refractivity contribution >= 4 is 51.1 Å². The first-order chi connectivity index (χ1) is 13.9. The van der Waals surface area contributed by atoms with Crippen LogP contribution in [-0.4, -0.2) is 35.1 Å². The van der Waals surface area contributed by atoms with Crippen LogP contribution < -0.4 is 5.32 Å². The summed E-state index contributed by atoms with van der Waals surface area (Å²) < 4.78 is 0.943. The average molecular weight is 498 g/mol. The van der Waals surface area contributed by atoms with Gasteiger partial charge < -0.3 is 10.2 Å². The predicted molar refractivity (Wildman–Crippen MR) is 124 cm³/mol. The van der Waals surface area contributed by atoms with Gasteiger partial charge in [0.15, 0.2) is 0 Å². The summed E-state index contributed by atoms with van der Waals surface area (Å²) in [6.07, 6.45) is 1.93. The van der Waals surface area contributed by atoms with Gasteiger partial charge in [-0.2, -0.15) is 0 Å². The van der Waals surface area contributed by atoms with E-state index in [0.29, 0.717) is 18.1 Å². The van der Waals surface area contributed by atoms with Gasteiger partial charge in [-0.25, -0.2) is 0 Å². The zero-order valence-corrected chi connectivity index (χ0v) is 19.8. The molecule has 0 aliphatic heterocycles. The summed E-state index contributed by atoms with van der Waals surface area (Å²) in [5.74, 6) is 0.0451. The topological polar surface area (TPSA) is 49.4 Å². The second-order valence-corrected chi connectivity index (χ2v) is 9.12. The molecule has 0 bridgehead atoms. The van der Waals surface area contributed by atoms with E-state index in [4.69, 9.17) is 11.6 Å². The van der Waals surface area contributed by atoms with E-state index in [1.807, 2.05) is 36.4 Å². The molecule has 0 fully saturated rings. The van der Waals surface area contributed by atoms with E-state index >= 15 is 0 Å². The van der Waals surface area contributed by atoms with Crippen molar-refractivity contribution in [1.82, 2.24) is 10.2 Å². The molecule has 0 radical (unpaired) electrons. The molecule has 7 heteroatoms. The van der Waals surface area contributed by atoms with E-state index in [0.717, 1.165) is 27.8 Å². The van der Waals surface area contributed by atoms with E-state index < -0.39 is 6.04 Å². The molecule has 0 saturated carbocycles. The van der Waals surface area contributed by atoms with Gasteiger partial charge in [0.25, 0.3) is 0 Å². The highest BCUT2D eigenvalue weighted by Gasteiger charge is 2.26. The Hall–Kier alpha value is -1.50. The van der Waals surface area contributed by atoms with Gasteiger partial charge in [0, 0.05) is 27.5 Å². The summed E-state index contributed by atoms with van der Waals surface area (Å²) in [5.41, 5.74) is 0.970. The van der Waals surface area contributed by atoms with Crippen molar-refractivity contribution < 1.29 is 9.59 Å². The molecule has 0 aliphatic carbocycles. The molecule has 156 valence electrons. The highest BCUT2D eigenvalue weighted by atomic mass is 79.9. The number of amides is 2. The summed E-state index contributed by atoms with van der Waals surface area (Å²) in [6, 6.07) is 14.6. The Bertz CT molecular complexity index is 817. The van der Waals surface area contributed by atoms with Crippen LogP contribution in [0.15, 0.2) is 57.9 Å². The number of benzene rings is 2. The molecule has 0 heterocycles. The number of nitrogens with zero attached hydrogens (tertiary/aromatic N) is 1. The van der Waals surface area contributed by atoms with Crippen molar-refractivity contribution in [3.8, 4) is 0 Å². The molecule has 29 heavy (non-hydrogen) atoms. The molecule has 0 saturated heterocycles. The van der Waals surface area contributed by atoms with Crippen molar-refractivity contribution in [3.05, 3.63) is 63.6 Å². The summed E-state index contributed by atoms with van der Waals surface area (Å²) >= 11 is 10.8. The van der Waals surface area contributed by atoms with Crippen LogP contribution in [0, 0.1) is 0 Å².